The number of methoxy groups -OCH3 is 2. The highest BCUT2D eigenvalue weighted by atomic mass is 16.7. The third-order valence-electron chi connectivity index (χ3n) is 8.94. The van der Waals surface area contributed by atoms with Gasteiger partial charge in [-0.3, -0.25) is 19.3 Å². The summed E-state index contributed by atoms with van der Waals surface area (Å²) in [6, 6.07) is -1.20. The number of aliphatic hydroxyl groups excluding tert-OH is 1. The lowest BCUT2D eigenvalue weighted by Crippen LogP contribution is -2.65. The van der Waals surface area contributed by atoms with Gasteiger partial charge in [0.05, 0.1) is 18.8 Å². The van der Waals surface area contributed by atoms with Gasteiger partial charge in [0, 0.05) is 33.0 Å². The highest BCUT2D eigenvalue weighted by molar-refractivity contribution is 6.39. The lowest BCUT2D eigenvalue weighted by molar-refractivity contribution is -0.303. The Morgan fingerprint density at radius 1 is 0.976 bits per heavy atom. The van der Waals surface area contributed by atoms with Gasteiger partial charge in [0.25, 0.3) is 11.7 Å². The molecule has 3 aliphatic heterocycles. The Kier molecular flexibility index (Phi) is 12.3. The number of fused-ring (bicyclic) bond motifs is 3. The molecule has 3 rings (SSSR count). The molecule has 9 unspecified atom stereocenters. The van der Waals surface area contributed by atoms with Gasteiger partial charge in [-0.2, -0.15) is 0 Å². The number of cyclic esters (lactones) is 1. The topological polar surface area (TPSA) is 149 Å². The second kappa shape index (κ2) is 15.0. The van der Waals surface area contributed by atoms with Crippen LogP contribution in [-0.2, 0) is 38.1 Å². The number of allylic oxidation sites excluding steroid dienone is 2. The Morgan fingerprint density at radius 2 is 1.64 bits per heavy atom. The Balaban J connectivity index is 1.97. The van der Waals surface area contributed by atoms with Crippen molar-refractivity contribution in [2.75, 3.05) is 20.8 Å². The van der Waals surface area contributed by atoms with Crippen molar-refractivity contribution in [3.05, 3.63) is 11.6 Å². The molecule has 0 aliphatic carbocycles. The van der Waals surface area contributed by atoms with Crippen LogP contribution in [0.15, 0.2) is 11.6 Å². The van der Waals surface area contributed by atoms with Crippen LogP contribution in [0.4, 0.5) is 0 Å². The van der Waals surface area contributed by atoms with Crippen LogP contribution < -0.4 is 0 Å². The molecule has 238 valence electrons. The summed E-state index contributed by atoms with van der Waals surface area (Å²) in [7, 11) is 3.03. The van der Waals surface area contributed by atoms with E-state index >= 15 is 0 Å². The lowest BCUT2D eigenvalue weighted by atomic mass is 9.82. The maximum absolute atomic E-state index is 13.7. The number of nitrogens with zero attached hydrogens (tertiary/aromatic N) is 1. The van der Waals surface area contributed by atoms with E-state index < -0.39 is 59.9 Å². The SMILES string of the molecule is COC1CC(C)CC(C)=CCC(=O)CCC(C)COC(=O)C2CCCC(O)N2C(=O)C(=O)C2(O)OC1C(OC)CC2C. The van der Waals surface area contributed by atoms with Crippen LogP contribution in [-0.4, -0.2) is 95.8 Å². The average Bonchev–Trinajstić information content (AvgIpc) is 2.96. The van der Waals surface area contributed by atoms with E-state index in [1.165, 1.54) is 14.2 Å². The Morgan fingerprint density at radius 3 is 2.31 bits per heavy atom. The van der Waals surface area contributed by atoms with Gasteiger partial charge < -0.3 is 29.2 Å². The van der Waals surface area contributed by atoms with Gasteiger partial charge in [0.1, 0.15) is 24.2 Å². The summed E-state index contributed by atoms with van der Waals surface area (Å²) in [6.07, 6.45) is 1.96. The molecule has 2 bridgehead atoms. The van der Waals surface area contributed by atoms with Crippen molar-refractivity contribution in [2.24, 2.45) is 17.8 Å². The summed E-state index contributed by atoms with van der Waals surface area (Å²) in [4.78, 5) is 53.9. The van der Waals surface area contributed by atoms with Crippen molar-refractivity contribution in [1.82, 2.24) is 4.90 Å². The summed E-state index contributed by atoms with van der Waals surface area (Å²) in [5, 5.41) is 22.4. The van der Waals surface area contributed by atoms with E-state index in [4.69, 9.17) is 18.9 Å². The number of rotatable bonds is 2. The molecule has 2 fully saturated rings. The van der Waals surface area contributed by atoms with Gasteiger partial charge >= 0.3 is 5.97 Å². The molecule has 42 heavy (non-hydrogen) atoms. The first-order valence-corrected chi connectivity index (χ1v) is 15.2. The number of aliphatic hydroxyl groups is 2. The standard InChI is InChI=1S/C31H49NO10/c1-18-10-12-22(33)13-11-19(2)17-41-30(37)23-8-7-9-26(34)32(23)29(36)28(35)31(38)21(4)16-25(40-6)27(42-31)24(39-5)15-20(3)14-18/h10,19-21,23-27,34,38H,7-9,11-17H2,1-6H3. The Hall–Kier alpha value is -2.18. The third-order valence-corrected chi connectivity index (χ3v) is 8.94. The van der Waals surface area contributed by atoms with Crippen LogP contribution in [0.3, 0.4) is 0 Å². The molecular weight excluding hydrogens is 546 g/mol. The minimum atomic E-state index is -2.52. The Bertz CT molecular complexity index is 1010. The van der Waals surface area contributed by atoms with Gasteiger partial charge in [-0.15, -0.1) is 0 Å². The number of amides is 1. The molecule has 3 heterocycles. The first-order valence-electron chi connectivity index (χ1n) is 15.2. The summed E-state index contributed by atoms with van der Waals surface area (Å²) >= 11 is 0. The molecule has 3 aliphatic rings. The fourth-order valence-corrected chi connectivity index (χ4v) is 6.30. The number of hydrogen-bond acceptors (Lipinski definition) is 10. The zero-order valence-corrected chi connectivity index (χ0v) is 25.9. The van der Waals surface area contributed by atoms with E-state index in [0.717, 1.165) is 10.5 Å². The monoisotopic (exact) mass is 595 g/mol. The summed E-state index contributed by atoms with van der Waals surface area (Å²) in [5.41, 5.74) is 1.06. The largest absolute Gasteiger partial charge is 0.464 e. The van der Waals surface area contributed by atoms with Crippen LogP contribution in [0, 0.1) is 17.8 Å². The number of Topliss-reactive ketones (excluding diaryl/α,β-unsaturated/α-hetero) is 2. The van der Waals surface area contributed by atoms with E-state index in [9.17, 15) is 29.4 Å². The van der Waals surface area contributed by atoms with Gasteiger partial charge in [0.2, 0.25) is 5.79 Å². The molecule has 11 heteroatoms. The van der Waals surface area contributed by atoms with Crippen LogP contribution in [0.2, 0.25) is 0 Å². The molecule has 0 saturated carbocycles. The van der Waals surface area contributed by atoms with Crippen LogP contribution >= 0.6 is 0 Å². The van der Waals surface area contributed by atoms with E-state index in [1.807, 2.05) is 26.8 Å². The fraction of sp³-hybridized carbons (Fsp3) is 0.806. The van der Waals surface area contributed by atoms with E-state index in [-0.39, 0.29) is 43.5 Å². The molecule has 2 N–H and O–H groups in total. The van der Waals surface area contributed by atoms with Crippen molar-refractivity contribution in [3.8, 4) is 0 Å². The third kappa shape index (κ3) is 8.05. The first-order chi connectivity index (χ1) is 19.8. The molecule has 0 spiro atoms. The highest BCUT2D eigenvalue weighted by Crippen LogP contribution is 2.39. The number of esters is 1. The van der Waals surface area contributed by atoms with Crippen LogP contribution in [0.1, 0.15) is 85.5 Å². The van der Waals surface area contributed by atoms with Crippen LogP contribution in [0.5, 0.6) is 0 Å². The highest BCUT2D eigenvalue weighted by Gasteiger charge is 2.57. The second-order valence-electron chi connectivity index (χ2n) is 12.5. The van der Waals surface area contributed by atoms with Gasteiger partial charge in [-0.1, -0.05) is 32.4 Å². The van der Waals surface area contributed by atoms with Crippen LogP contribution in [0.25, 0.3) is 0 Å². The Labute approximate surface area is 248 Å². The van der Waals surface area contributed by atoms with Gasteiger partial charge in [-0.05, 0) is 63.7 Å². The normalized spacial score (nSPS) is 38.7. The minimum Gasteiger partial charge on any atom is -0.464 e. The maximum atomic E-state index is 13.7. The molecule has 0 aromatic carbocycles. The van der Waals surface area contributed by atoms with Crippen molar-refractivity contribution in [1.29, 1.82) is 0 Å². The summed E-state index contributed by atoms with van der Waals surface area (Å²) < 4.78 is 23.0. The summed E-state index contributed by atoms with van der Waals surface area (Å²) in [6.45, 7) is 7.52. The quantitative estimate of drug-likeness (QED) is 0.277. The van der Waals surface area contributed by atoms with E-state index in [1.54, 1.807) is 6.92 Å². The molecule has 11 nitrogen and oxygen atoms in total. The molecule has 0 radical (unpaired) electrons. The zero-order chi connectivity index (χ0) is 31.2. The van der Waals surface area contributed by atoms with Crippen molar-refractivity contribution >= 4 is 23.4 Å². The maximum Gasteiger partial charge on any atom is 0.328 e. The number of ketones is 2. The average molecular weight is 596 g/mol. The molecule has 2 saturated heterocycles. The van der Waals surface area contributed by atoms with Crippen molar-refractivity contribution < 1.29 is 48.3 Å². The first kappa shape index (κ1) is 34.3. The summed E-state index contributed by atoms with van der Waals surface area (Å²) in [5.74, 6) is -6.47. The lowest BCUT2D eigenvalue weighted by Gasteiger charge is -2.47. The van der Waals surface area contributed by atoms with E-state index in [0.29, 0.717) is 38.5 Å². The molecule has 9 atom stereocenters. The van der Waals surface area contributed by atoms with Gasteiger partial charge in [-0.25, -0.2) is 4.79 Å². The predicted octanol–water partition coefficient (Wildman–Crippen LogP) is 2.69. The molecule has 1 amide bonds. The number of piperidine rings is 1. The number of carbonyl (C=O) groups is 4. The number of ether oxygens (including phenoxy) is 4. The zero-order valence-electron chi connectivity index (χ0n) is 25.9. The number of carbonyl (C=O) groups excluding carboxylic acids is 4. The smallest absolute Gasteiger partial charge is 0.328 e. The minimum absolute atomic E-state index is 0.0314. The second-order valence-corrected chi connectivity index (χ2v) is 12.5. The van der Waals surface area contributed by atoms with Crippen molar-refractivity contribution in [2.45, 2.75) is 122 Å². The number of hydrogen-bond donors (Lipinski definition) is 2. The molecular formula is C31H49NO10. The molecule has 0 aromatic heterocycles. The molecule has 0 aromatic rings. The predicted molar refractivity (Wildman–Crippen MR) is 152 cm³/mol. The van der Waals surface area contributed by atoms with Crippen molar-refractivity contribution in [3.63, 3.8) is 0 Å². The van der Waals surface area contributed by atoms with E-state index in [2.05, 4.69) is 0 Å². The fourth-order valence-electron chi connectivity index (χ4n) is 6.30. The van der Waals surface area contributed by atoms with Gasteiger partial charge in [0.15, 0.2) is 0 Å².